The van der Waals surface area contributed by atoms with Gasteiger partial charge in [0.2, 0.25) is 0 Å². The Morgan fingerprint density at radius 3 is 2.18 bits per heavy atom. The van der Waals surface area contributed by atoms with E-state index in [0.717, 1.165) is 71.1 Å². The van der Waals surface area contributed by atoms with E-state index in [1.807, 2.05) is 42.9 Å². The van der Waals surface area contributed by atoms with Crippen LogP contribution in [0.4, 0.5) is 0 Å². The van der Waals surface area contributed by atoms with Gasteiger partial charge >= 0.3 is 0 Å². The molecule has 0 amide bonds. The molecule has 5 heteroatoms. The molecule has 0 bridgehead atoms. The zero-order valence-electron chi connectivity index (χ0n) is 20.7. The molecule has 0 atom stereocenters. The van der Waals surface area contributed by atoms with Crippen molar-refractivity contribution in [1.82, 2.24) is 19.9 Å². The predicted octanol–water partition coefficient (Wildman–Crippen LogP) is 8.94. The van der Waals surface area contributed by atoms with Gasteiger partial charge in [0.15, 0.2) is 0 Å². The fourth-order valence-electron chi connectivity index (χ4n) is 5.27. The van der Waals surface area contributed by atoms with E-state index in [1.165, 1.54) is 4.70 Å². The lowest BCUT2D eigenvalue weighted by atomic mass is 9.93. The summed E-state index contributed by atoms with van der Waals surface area (Å²) >= 11 is 1.72. The van der Waals surface area contributed by atoms with Gasteiger partial charge in [0, 0.05) is 51.4 Å². The Hall–Kier alpha value is -5.00. The van der Waals surface area contributed by atoms with Gasteiger partial charge in [0.25, 0.3) is 0 Å². The molecule has 0 N–H and O–H groups in total. The summed E-state index contributed by atoms with van der Waals surface area (Å²) in [5, 5.41) is 4.28. The van der Waals surface area contributed by atoms with Crippen LogP contribution in [0.2, 0.25) is 0 Å². The van der Waals surface area contributed by atoms with Gasteiger partial charge in [0.1, 0.15) is 5.01 Å². The van der Waals surface area contributed by atoms with E-state index in [0.29, 0.717) is 0 Å². The van der Waals surface area contributed by atoms with E-state index in [9.17, 15) is 0 Å². The highest BCUT2D eigenvalue weighted by Crippen LogP contribution is 2.39. The summed E-state index contributed by atoms with van der Waals surface area (Å²) in [4.78, 5) is 19.2. The maximum absolute atomic E-state index is 4.92. The molecule has 0 radical (unpaired) electrons. The molecule has 4 nitrogen and oxygen atoms in total. The lowest BCUT2D eigenvalue weighted by Gasteiger charge is -2.13. The number of para-hydroxylation sites is 2. The van der Waals surface area contributed by atoms with Gasteiger partial charge in [-0.1, -0.05) is 60.7 Å². The fourth-order valence-corrected chi connectivity index (χ4v) is 6.23. The number of rotatable bonds is 3. The Morgan fingerprint density at radius 2 is 1.23 bits per heavy atom. The summed E-state index contributed by atoms with van der Waals surface area (Å²) in [5.74, 6) is 0. The van der Waals surface area contributed by atoms with E-state index in [1.54, 1.807) is 11.3 Å². The topological polar surface area (TPSA) is 51.6 Å². The van der Waals surface area contributed by atoms with Crippen LogP contribution in [-0.2, 0) is 0 Å². The standard InChI is InChI=1S/C34H20N4S/c1-2-8-29-22(6-1)16-26(19-36-29)28-18-24(34-38-30-9-3-4-10-31(30)39-34)13-14-27(28)25-17-23-12-11-21-7-5-15-35-32(21)33(23)37-20-25/h1-20H. The Balaban J connectivity index is 1.34. The SMILES string of the molecule is c1ccc2ncc(-c3cc(-c4nc5ccccc5s4)ccc3-c3cnc4c(ccc5cccnc54)c3)cc2c1. The second kappa shape index (κ2) is 8.79. The number of nitrogens with zero attached hydrogens (tertiary/aromatic N) is 4. The van der Waals surface area contributed by atoms with Crippen molar-refractivity contribution in [3.63, 3.8) is 0 Å². The fraction of sp³-hybridized carbons (Fsp3) is 0. The molecule has 8 aromatic rings. The maximum Gasteiger partial charge on any atom is 0.124 e. The summed E-state index contributed by atoms with van der Waals surface area (Å²) in [5.41, 5.74) is 9.25. The molecule has 4 heterocycles. The summed E-state index contributed by atoms with van der Waals surface area (Å²) < 4.78 is 1.19. The molecule has 4 aromatic heterocycles. The Morgan fingerprint density at radius 1 is 0.487 bits per heavy atom. The van der Waals surface area contributed by atoms with Gasteiger partial charge in [-0.05, 0) is 53.6 Å². The highest BCUT2D eigenvalue weighted by Gasteiger charge is 2.15. The molecular weight excluding hydrogens is 496 g/mol. The molecule has 0 unspecified atom stereocenters. The average Bonchev–Trinajstić information content (AvgIpc) is 3.45. The molecule has 39 heavy (non-hydrogen) atoms. The van der Waals surface area contributed by atoms with Crippen LogP contribution in [0, 0.1) is 0 Å². The first kappa shape index (κ1) is 22.0. The zero-order chi connectivity index (χ0) is 25.8. The minimum atomic E-state index is 0.914. The number of thiazole rings is 1. The van der Waals surface area contributed by atoms with Crippen LogP contribution in [0.1, 0.15) is 0 Å². The maximum atomic E-state index is 4.92. The molecule has 4 aromatic carbocycles. The van der Waals surface area contributed by atoms with E-state index in [4.69, 9.17) is 15.0 Å². The lowest BCUT2D eigenvalue weighted by molar-refractivity contribution is 1.37. The third kappa shape index (κ3) is 3.75. The number of benzene rings is 4. The quantitative estimate of drug-likeness (QED) is 0.220. The largest absolute Gasteiger partial charge is 0.256 e. The van der Waals surface area contributed by atoms with Crippen molar-refractivity contribution in [1.29, 1.82) is 0 Å². The van der Waals surface area contributed by atoms with Crippen molar-refractivity contribution in [3.05, 3.63) is 122 Å². The van der Waals surface area contributed by atoms with Crippen LogP contribution in [0.15, 0.2) is 122 Å². The minimum absolute atomic E-state index is 0.914. The van der Waals surface area contributed by atoms with Gasteiger partial charge in [-0.25, -0.2) is 4.98 Å². The van der Waals surface area contributed by atoms with E-state index in [2.05, 4.69) is 83.8 Å². The van der Waals surface area contributed by atoms with E-state index in [-0.39, 0.29) is 0 Å². The van der Waals surface area contributed by atoms with Crippen LogP contribution < -0.4 is 0 Å². The third-order valence-corrected chi connectivity index (χ3v) is 8.28. The van der Waals surface area contributed by atoms with E-state index < -0.39 is 0 Å². The minimum Gasteiger partial charge on any atom is -0.256 e. The monoisotopic (exact) mass is 516 g/mol. The van der Waals surface area contributed by atoms with Crippen LogP contribution in [0.3, 0.4) is 0 Å². The lowest BCUT2D eigenvalue weighted by Crippen LogP contribution is -1.91. The van der Waals surface area contributed by atoms with Crippen LogP contribution in [-0.4, -0.2) is 19.9 Å². The normalized spacial score (nSPS) is 11.6. The number of aromatic nitrogens is 4. The van der Waals surface area contributed by atoms with Crippen molar-refractivity contribution in [2.45, 2.75) is 0 Å². The zero-order valence-corrected chi connectivity index (χ0v) is 21.6. The van der Waals surface area contributed by atoms with Gasteiger partial charge in [-0.3, -0.25) is 15.0 Å². The van der Waals surface area contributed by atoms with Gasteiger partial charge in [0.05, 0.1) is 26.8 Å². The third-order valence-electron chi connectivity index (χ3n) is 7.20. The van der Waals surface area contributed by atoms with Crippen molar-refractivity contribution >= 4 is 54.3 Å². The number of pyridine rings is 3. The summed E-state index contributed by atoms with van der Waals surface area (Å²) in [7, 11) is 0. The first-order valence-corrected chi connectivity index (χ1v) is 13.6. The van der Waals surface area contributed by atoms with Crippen molar-refractivity contribution in [2.24, 2.45) is 0 Å². The van der Waals surface area contributed by atoms with Crippen molar-refractivity contribution in [3.8, 4) is 32.8 Å². The van der Waals surface area contributed by atoms with Gasteiger partial charge < -0.3 is 0 Å². The molecule has 0 saturated carbocycles. The number of fused-ring (bicyclic) bond motifs is 5. The molecule has 0 aliphatic rings. The molecule has 0 saturated heterocycles. The average molecular weight is 517 g/mol. The van der Waals surface area contributed by atoms with Crippen molar-refractivity contribution < 1.29 is 0 Å². The molecule has 0 aliphatic heterocycles. The molecular formula is C34H20N4S. The molecule has 0 spiro atoms. The smallest absolute Gasteiger partial charge is 0.124 e. The molecule has 8 rings (SSSR count). The Kier molecular flexibility index (Phi) is 4.96. The van der Waals surface area contributed by atoms with E-state index >= 15 is 0 Å². The highest BCUT2D eigenvalue weighted by molar-refractivity contribution is 7.21. The number of hydrogen-bond acceptors (Lipinski definition) is 5. The Labute approximate surface area is 228 Å². The highest BCUT2D eigenvalue weighted by atomic mass is 32.1. The van der Waals surface area contributed by atoms with Crippen LogP contribution in [0.25, 0.3) is 75.8 Å². The van der Waals surface area contributed by atoms with Crippen LogP contribution >= 0.6 is 11.3 Å². The van der Waals surface area contributed by atoms with Gasteiger partial charge in [-0.2, -0.15) is 0 Å². The molecule has 182 valence electrons. The predicted molar refractivity (Wildman–Crippen MR) is 162 cm³/mol. The second-order valence-electron chi connectivity index (χ2n) is 9.60. The molecule has 0 aliphatic carbocycles. The second-order valence-corrected chi connectivity index (χ2v) is 10.6. The first-order valence-electron chi connectivity index (χ1n) is 12.8. The first-order chi connectivity index (χ1) is 19.3. The number of hydrogen-bond donors (Lipinski definition) is 0. The summed E-state index contributed by atoms with van der Waals surface area (Å²) in [6, 6.07) is 35.8. The van der Waals surface area contributed by atoms with Crippen molar-refractivity contribution in [2.75, 3.05) is 0 Å². The Bertz CT molecular complexity index is 2170. The van der Waals surface area contributed by atoms with Crippen LogP contribution in [0.5, 0.6) is 0 Å². The molecule has 0 fully saturated rings. The summed E-state index contributed by atoms with van der Waals surface area (Å²) in [6.45, 7) is 0. The summed E-state index contributed by atoms with van der Waals surface area (Å²) in [6.07, 6.45) is 5.75. The van der Waals surface area contributed by atoms with Gasteiger partial charge in [-0.15, -0.1) is 11.3 Å².